The first-order valence-corrected chi connectivity index (χ1v) is 7.16. The molecule has 6 heteroatoms. The van der Waals surface area contributed by atoms with Crippen LogP contribution in [-0.4, -0.2) is 13.1 Å². The van der Waals surface area contributed by atoms with E-state index in [4.69, 9.17) is 4.74 Å². The summed E-state index contributed by atoms with van der Waals surface area (Å²) in [7, 11) is 0. The van der Waals surface area contributed by atoms with Crippen LogP contribution in [0.1, 0.15) is 22.8 Å². The summed E-state index contributed by atoms with van der Waals surface area (Å²) in [5, 5.41) is 3.26. The molecule has 3 rings (SSSR count). The summed E-state index contributed by atoms with van der Waals surface area (Å²) in [6.07, 6.45) is -3.76. The van der Waals surface area contributed by atoms with Crippen LogP contribution in [0.2, 0.25) is 0 Å². The van der Waals surface area contributed by atoms with Crippen molar-refractivity contribution in [1.29, 1.82) is 0 Å². The van der Waals surface area contributed by atoms with Gasteiger partial charge in [0.15, 0.2) is 0 Å². The van der Waals surface area contributed by atoms with Crippen molar-refractivity contribution in [3.63, 3.8) is 0 Å². The predicted molar refractivity (Wildman–Crippen MR) is 88.2 cm³/mol. The first-order chi connectivity index (χ1) is 10.5. The molecule has 0 fully saturated rings. The van der Waals surface area contributed by atoms with Gasteiger partial charge in [0.25, 0.3) is 0 Å². The Morgan fingerprint density at radius 1 is 1.04 bits per heavy atom. The van der Waals surface area contributed by atoms with Gasteiger partial charge in [-0.3, -0.25) is 0 Å². The minimum atomic E-state index is -4.36. The molecule has 2 aromatic carbocycles. The van der Waals surface area contributed by atoms with Crippen molar-refractivity contribution in [2.24, 2.45) is 0 Å². The molecular formula is C17H17BrF3NO. The van der Waals surface area contributed by atoms with Crippen LogP contribution in [0.4, 0.5) is 13.2 Å². The first-order valence-electron chi connectivity index (χ1n) is 7.16. The predicted octanol–water partition coefficient (Wildman–Crippen LogP) is 4.55. The molecular weight excluding hydrogens is 371 g/mol. The van der Waals surface area contributed by atoms with Gasteiger partial charge in [-0.05, 0) is 42.3 Å². The maximum absolute atomic E-state index is 12.8. The van der Waals surface area contributed by atoms with Crippen molar-refractivity contribution in [1.82, 2.24) is 5.32 Å². The van der Waals surface area contributed by atoms with Crippen LogP contribution in [0, 0.1) is 0 Å². The summed E-state index contributed by atoms with van der Waals surface area (Å²) in [4.78, 5) is 0. The minimum Gasteiger partial charge on any atom is -0.484 e. The van der Waals surface area contributed by atoms with Gasteiger partial charge < -0.3 is 10.1 Å². The summed E-state index contributed by atoms with van der Waals surface area (Å²) < 4.78 is 44.2. The molecule has 0 aliphatic carbocycles. The molecule has 0 radical (unpaired) electrons. The van der Waals surface area contributed by atoms with E-state index in [1.54, 1.807) is 6.07 Å². The molecule has 0 amide bonds. The molecule has 1 N–H and O–H groups in total. The van der Waals surface area contributed by atoms with Crippen molar-refractivity contribution in [2.45, 2.75) is 18.7 Å². The number of hydrogen-bond acceptors (Lipinski definition) is 2. The molecule has 0 saturated heterocycles. The van der Waals surface area contributed by atoms with E-state index in [-0.39, 0.29) is 28.8 Å². The molecule has 1 unspecified atom stereocenters. The number of fused-ring (bicyclic) bond motifs is 1. The lowest BCUT2D eigenvalue weighted by Crippen LogP contribution is -2.23. The number of halogens is 4. The Bertz CT molecular complexity index is 660. The Balaban J connectivity index is 0.00000192. The van der Waals surface area contributed by atoms with E-state index in [9.17, 15) is 13.2 Å². The van der Waals surface area contributed by atoms with Crippen molar-refractivity contribution < 1.29 is 17.9 Å². The van der Waals surface area contributed by atoms with Gasteiger partial charge in [0.05, 0.1) is 5.56 Å². The van der Waals surface area contributed by atoms with Crippen LogP contribution < -0.4 is 10.1 Å². The highest BCUT2D eigenvalue weighted by Gasteiger charge is 2.31. The third-order valence-corrected chi connectivity index (χ3v) is 3.74. The summed E-state index contributed by atoms with van der Waals surface area (Å²) in [5.41, 5.74) is 1.51. The highest BCUT2D eigenvalue weighted by molar-refractivity contribution is 8.93. The summed E-state index contributed by atoms with van der Waals surface area (Å²) in [6, 6.07) is 12.9. The Kier molecular flexibility index (Phi) is 5.70. The Morgan fingerprint density at radius 3 is 2.61 bits per heavy atom. The van der Waals surface area contributed by atoms with Gasteiger partial charge in [-0.15, -0.1) is 17.0 Å². The topological polar surface area (TPSA) is 21.3 Å². The molecule has 23 heavy (non-hydrogen) atoms. The summed E-state index contributed by atoms with van der Waals surface area (Å²) in [6.45, 7) is 1.41. The van der Waals surface area contributed by atoms with Gasteiger partial charge in [-0.1, -0.05) is 30.3 Å². The second-order valence-electron chi connectivity index (χ2n) is 5.29. The van der Waals surface area contributed by atoms with Crippen LogP contribution in [0.3, 0.4) is 0 Å². The van der Waals surface area contributed by atoms with Crippen LogP contribution in [0.5, 0.6) is 5.75 Å². The molecule has 0 saturated carbocycles. The summed E-state index contributed by atoms with van der Waals surface area (Å²) >= 11 is 0. The number of benzene rings is 2. The van der Waals surface area contributed by atoms with Crippen LogP contribution in [-0.2, 0) is 12.6 Å². The average Bonchev–Trinajstić information content (AvgIpc) is 2.70. The van der Waals surface area contributed by atoms with Crippen molar-refractivity contribution in [3.8, 4) is 5.75 Å². The smallest absolute Gasteiger partial charge is 0.416 e. The lowest BCUT2D eigenvalue weighted by atomic mass is 10.0. The number of alkyl halides is 3. The van der Waals surface area contributed by atoms with Crippen molar-refractivity contribution >= 4 is 17.0 Å². The fourth-order valence-corrected chi connectivity index (χ4v) is 2.66. The number of ether oxygens (including phenoxy) is 1. The minimum absolute atomic E-state index is 0. The van der Waals surface area contributed by atoms with Gasteiger partial charge in [-0.2, -0.15) is 13.2 Å². The lowest BCUT2D eigenvalue weighted by Gasteiger charge is -2.20. The highest BCUT2D eigenvalue weighted by atomic mass is 79.9. The molecule has 0 spiro atoms. The van der Waals surface area contributed by atoms with Crippen molar-refractivity contribution in [3.05, 3.63) is 65.2 Å². The van der Waals surface area contributed by atoms with Gasteiger partial charge in [0, 0.05) is 6.54 Å². The molecule has 124 valence electrons. The second kappa shape index (κ2) is 7.36. The average molecular weight is 388 g/mol. The van der Waals surface area contributed by atoms with Gasteiger partial charge in [0.1, 0.15) is 11.9 Å². The Hall–Kier alpha value is -1.53. The maximum Gasteiger partial charge on any atom is 0.416 e. The van der Waals surface area contributed by atoms with Crippen LogP contribution in [0.25, 0.3) is 0 Å². The molecule has 1 atom stereocenters. The zero-order chi connectivity index (χ0) is 15.6. The number of nitrogens with one attached hydrogen (secondary N) is 1. The zero-order valence-electron chi connectivity index (χ0n) is 12.3. The van der Waals surface area contributed by atoms with Gasteiger partial charge >= 0.3 is 6.18 Å². The Morgan fingerprint density at radius 2 is 1.83 bits per heavy atom. The highest BCUT2D eigenvalue weighted by Crippen LogP contribution is 2.33. The molecule has 2 aromatic rings. The molecule has 2 nitrogen and oxygen atoms in total. The molecule has 1 heterocycles. The van der Waals surface area contributed by atoms with Crippen LogP contribution in [0.15, 0.2) is 48.5 Å². The van der Waals surface area contributed by atoms with E-state index in [2.05, 4.69) is 5.32 Å². The number of hydrogen-bond donors (Lipinski definition) is 1. The third kappa shape index (κ3) is 4.26. The van der Waals surface area contributed by atoms with E-state index >= 15 is 0 Å². The van der Waals surface area contributed by atoms with E-state index in [1.165, 1.54) is 11.6 Å². The monoisotopic (exact) mass is 387 g/mol. The zero-order valence-corrected chi connectivity index (χ0v) is 14.0. The molecule has 1 aliphatic rings. The van der Waals surface area contributed by atoms with Crippen LogP contribution >= 0.6 is 17.0 Å². The second-order valence-corrected chi connectivity index (χ2v) is 5.29. The van der Waals surface area contributed by atoms with Gasteiger partial charge in [0.2, 0.25) is 0 Å². The normalized spacial score (nSPS) is 17.6. The van der Waals surface area contributed by atoms with E-state index in [1.807, 2.05) is 24.3 Å². The van der Waals surface area contributed by atoms with E-state index in [0.29, 0.717) is 6.54 Å². The standard InChI is InChI=1S/C17H16F3NO.BrH/c18-17(19,20)13-5-3-6-14(10-13)22-16-11-21-9-8-12-4-1-2-7-15(12)16;/h1-7,10,16,21H,8-9,11H2;1H. The largest absolute Gasteiger partial charge is 0.484 e. The first kappa shape index (κ1) is 17.8. The Labute approximate surface area is 143 Å². The fourth-order valence-electron chi connectivity index (χ4n) is 2.66. The fraction of sp³-hybridized carbons (Fsp3) is 0.294. The van der Waals surface area contributed by atoms with E-state index in [0.717, 1.165) is 30.7 Å². The molecule has 0 aromatic heterocycles. The van der Waals surface area contributed by atoms with E-state index < -0.39 is 11.7 Å². The number of rotatable bonds is 2. The maximum atomic E-state index is 12.8. The SMILES string of the molecule is Br.FC(F)(F)c1cccc(OC2CNCCc3ccccc32)c1. The third-order valence-electron chi connectivity index (χ3n) is 3.74. The van der Waals surface area contributed by atoms with Gasteiger partial charge in [-0.25, -0.2) is 0 Å². The molecule has 1 aliphatic heterocycles. The molecule has 0 bridgehead atoms. The quantitative estimate of drug-likeness (QED) is 0.815. The lowest BCUT2D eigenvalue weighted by molar-refractivity contribution is -0.137. The van der Waals surface area contributed by atoms with Crippen molar-refractivity contribution in [2.75, 3.05) is 13.1 Å². The summed E-state index contributed by atoms with van der Waals surface area (Å²) in [5.74, 6) is 0.235.